The standard InChI is InChI=1S/C15H26N2O2/c1-5-19-15(8-6-7-11(4)9-15)14-16-12(10(2)3)13(18)17-14/h10-12H,5-9H2,1-4H3,(H,16,17,18). The summed E-state index contributed by atoms with van der Waals surface area (Å²) in [7, 11) is 0. The Morgan fingerprint density at radius 2 is 2.26 bits per heavy atom. The van der Waals surface area contributed by atoms with Gasteiger partial charge in [0, 0.05) is 6.61 Å². The van der Waals surface area contributed by atoms with Crippen molar-refractivity contribution < 1.29 is 9.53 Å². The maximum atomic E-state index is 12.0. The van der Waals surface area contributed by atoms with Crippen molar-refractivity contribution in [2.24, 2.45) is 16.8 Å². The average Bonchev–Trinajstić information content (AvgIpc) is 2.72. The summed E-state index contributed by atoms with van der Waals surface area (Å²) in [5, 5.41) is 2.99. The molecule has 0 aromatic rings. The molecule has 1 fully saturated rings. The summed E-state index contributed by atoms with van der Waals surface area (Å²) < 4.78 is 6.06. The summed E-state index contributed by atoms with van der Waals surface area (Å²) >= 11 is 0. The number of aliphatic imine (C=N–C) groups is 1. The van der Waals surface area contributed by atoms with Gasteiger partial charge in [-0.15, -0.1) is 0 Å². The van der Waals surface area contributed by atoms with Crippen LogP contribution in [0.15, 0.2) is 4.99 Å². The molecule has 1 N–H and O–H groups in total. The van der Waals surface area contributed by atoms with E-state index in [4.69, 9.17) is 4.74 Å². The lowest BCUT2D eigenvalue weighted by molar-refractivity contribution is -0.121. The van der Waals surface area contributed by atoms with Crippen molar-refractivity contribution in [2.45, 2.75) is 65.0 Å². The molecule has 4 nitrogen and oxygen atoms in total. The molecule has 2 aliphatic rings. The predicted molar refractivity (Wildman–Crippen MR) is 76.2 cm³/mol. The number of hydrogen-bond donors (Lipinski definition) is 1. The number of nitrogens with one attached hydrogen (secondary N) is 1. The molecule has 0 spiro atoms. The molecule has 1 aliphatic carbocycles. The number of amidine groups is 1. The highest BCUT2D eigenvalue weighted by molar-refractivity contribution is 6.09. The zero-order valence-corrected chi connectivity index (χ0v) is 12.5. The van der Waals surface area contributed by atoms with E-state index in [0.29, 0.717) is 12.5 Å². The van der Waals surface area contributed by atoms with Crippen LogP contribution in [0, 0.1) is 11.8 Å². The summed E-state index contributed by atoms with van der Waals surface area (Å²) in [5.41, 5.74) is -0.355. The molecule has 0 bridgehead atoms. The van der Waals surface area contributed by atoms with Crippen molar-refractivity contribution in [1.82, 2.24) is 5.32 Å². The number of ether oxygens (including phenoxy) is 1. The van der Waals surface area contributed by atoms with E-state index in [9.17, 15) is 4.79 Å². The predicted octanol–water partition coefficient (Wildman–Crippen LogP) is 2.52. The van der Waals surface area contributed by atoms with Gasteiger partial charge in [0.15, 0.2) is 0 Å². The SMILES string of the molecule is CCOC1(C2=NC(C(C)C)C(=O)N2)CCCC(C)C1. The Bertz CT molecular complexity index is 374. The molecule has 0 saturated heterocycles. The van der Waals surface area contributed by atoms with Crippen molar-refractivity contribution in [3.8, 4) is 0 Å². The van der Waals surface area contributed by atoms with Gasteiger partial charge in [-0.2, -0.15) is 0 Å². The first kappa shape index (κ1) is 14.5. The fraction of sp³-hybridized carbons (Fsp3) is 0.867. The average molecular weight is 266 g/mol. The van der Waals surface area contributed by atoms with Crippen LogP contribution in [-0.2, 0) is 9.53 Å². The van der Waals surface area contributed by atoms with E-state index >= 15 is 0 Å². The second-order valence-corrected chi connectivity index (χ2v) is 6.28. The van der Waals surface area contributed by atoms with Gasteiger partial charge in [-0.25, -0.2) is 0 Å². The first-order valence-electron chi connectivity index (χ1n) is 7.51. The zero-order valence-electron chi connectivity index (χ0n) is 12.5. The third-order valence-corrected chi connectivity index (χ3v) is 4.22. The Morgan fingerprint density at radius 3 is 2.79 bits per heavy atom. The third kappa shape index (κ3) is 2.83. The molecule has 108 valence electrons. The zero-order chi connectivity index (χ0) is 14.0. The van der Waals surface area contributed by atoms with Gasteiger partial charge in [0.25, 0.3) is 0 Å². The molecule has 1 amide bonds. The molecule has 1 heterocycles. The van der Waals surface area contributed by atoms with Crippen LogP contribution in [-0.4, -0.2) is 30.0 Å². The van der Waals surface area contributed by atoms with E-state index < -0.39 is 0 Å². The second-order valence-electron chi connectivity index (χ2n) is 6.28. The Balaban J connectivity index is 2.25. The number of amides is 1. The minimum absolute atomic E-state index is 0.0299. The maximum Gasteiger partial charge on any atom is 0.250 e. The van der Waals surface area contributed by atoms with Crippen LogP contribution in [0.1, 0.15) is 53.4 Å². The van der Waals surface area contributed by atoms with Crippen LogP contribution in [0.3, 0.4) is 0 Å². The molecule has 0 radical (unpaired) electrons. The van der Waals surface area contributed by atoms with E-state index in [0.717, 1.165) is 25.1 Å². The van der Waals surface area contributed by atoms with Crippen LogP contribution in [0.25, 0.3) is 0 Å². The molecule has 1 aliphatic heterocycles. The van der Waals surface area contributed by atoms with Gasteiger partial charge in [0.1, 0.15) is 17.5 Å². The Kier molecular flexibility index (Phi) is 4.29. The highest BCUT2D eigenvalue weighted by atomic mass is 16.5. The van der Waals surface area contributed by atoms with Crippen molar-refractivity contribution in [3.63, 3.8) is 0 Å². The number of hydrogen-bond acceptors (Lipinski definition) is 3. The molecule has 4 heteroatoms. The van der Waals surface area contributed by atoms with Gasteiger partial charge in [-0.1, -0.05) is 27.2 Å². The molecule has 19 heavy (non-hydrogen) atoms. The highest BCUT2D eigenvalue weighted by Gasteiger charge is 2.45. The van der Waals surface area contributed by atoms with Gasteiger partial charge in [-0.3, -0.25) is 9.79 Å². The summed E-state index contributed by atoms with van der Waals surface area (Å²) in [5.74, 6) is 1.67. The summed E-state index contributed by atoms with van der Waals surface area (Å²) in [6, 6.07) is -0.246. The van der Waals surface area contributed by atoms with Gasteiger partial charge in [-0.05, 0) is 38.0 Å². The largest absolute Gasteiger partial charge is 0.367 e. The van der Waals surface area contributed by atoms with Crippen LogP contribution in [0.5, 0.6) is 0 Å². The summed E-state index contributed by atoms with van der Waals surface area (Å²) in [6.45, 7) is 9.00. The van der Waals surface area contributed by atoms with E-state index in [1.165, 1.54) is 6.42 Å². The molecular weight excluding hydrogens is 240 g/mol. The summed E-state index contributed by atoms with van der Waals surface area (Å²) in [6.07, 6.45) is 4.31. The molecule has 0 aromatic heterocycles. The van der Waals surface area contributed by atoms with E-state index in [1.54, 1.807) is 0 Å². The van der Waals surface area contributed by atoms with Gasteiger partial charge in [0.2, 0.25) is 5.91 Å². The van der Waals surface area contributed by atoms with Crippen LogP contribution >= 0.6 is 0 Å². The number of rotatable bonds is 4. The van der Waals surface area contributed by atoms with Crippen molar-refractivity contribution in [2.75, 3.05) is 6.61 Å². The molecule has 3 atom stereocenters. The van der Waals surface area contributed by atoms with Crippen LogP contribution < -0.4 is 5.32 Å². The number of nitrogens with zero attached hydrogens (tertiary/aromatic N) is 1. The fourth-order valence-electron chi connectivity index (χ4n) is 3.30. The molecular formula is C15H26N2O2. The lowest BCUT2D eigenvalue weighted by Gasteiger charge is -2.39. The second kappa shape index (κ2) is 5.61. The minimum Gasteiger partial charge on any atom is -0.367 e. The monoisotopic (exact) mass is 266 g/mol. The quantitative estimate of drug-likeness (QED) is 0.850. The van der Waals surface area contributed by atoms with Gasteiger partial charge < -0.3 is 10.1 Å². The fourth-order valence-corrected chi connectivity index (χ4v) is 3.30. The minimum atomic E-state index is -0.355. The molecule has 1 saturated carbocycles. The summed E-state index contributed by atoms with van der Waals surface area (Å²) in [4.78, 5) is 16.7. The molecule has 0 aromatic carbocycles. The van der Waals surface area contributed by atoms with E-state index in [2.05, 4.69) is 17.2 Å². The maximum absolute atomic E-state index is 12.0. The Labute approximate surface area is 116 Å². The highest BCUT2D eigenvalue weighted by Crippen LogP contribution is 2.37. The Morgan fingerprint density at radius 1 is 1.53 bits per heavy atom. The van der Waals surface area contributed by atoms with Crippen LogP contribution in [0.4, 0.5) is 0 Å². The first-order valence-corrected chi connectivity index (χ1v) is 7.51. The Hall–Kier alpha value is -0.900. The number of carbonyl (C=O) groups excluding carboxylic acids is 1. The number of carbonyl (C=O) groups is 1. The molecule has 3 unspecified atom stereocenters. The topological polar surface area (TPSA) is 50.7 Å². The van der Waals surface area contributed by atoms with Gasteiger partial charge >= 0.3 is 0 Å². The van der Waals surface area contributed by atoms with Crippen molar-refractivity contribution in [3.05, 3.63) is 0 Å². The van der Waals surface area contributed by atoms with Crippen molar-refractivity contribution >= 4 is 11.7 Å². The van der Waals surface area contributed by atoms with E-state index in [1.807, 2.05) is 20.8 Å². The van der Waals surface area contributed by atoms with Gasteiger partial charge in [0.05, 0.1) is 0 Å². The lowest BCUT2D eigenvalue weighted by Crippen LogP contribution is -2.51. The van der Waals surface area contributed by atoms with Crippen LogP contribution in [0.2, 0.25) is 0 Å². The first-order chi connectivity index (χ1) is 8.98. The third-order valence-electron chi connectivity index (χ3n) is 4.22. The van der Waals surface area contributed by atoms with Crippen molar-refractivity contribution in [1.29, 1.82) is 0 Å². The van der Waals surface area contributed by atoms with E-state index in [-0.39, 0.29) is 23.5 Å². The lowest BCUT2D eigenvalue weighted by atomic mass is 9.78. The normalized spacial score (nSPS) is 35.4. The molecule has 2 rings (SSSR count). The smallest absolute Gasteiger partial charge is 0.250 e.